The Hall–Kier alpha value is -0.770. The molecule has 0 radical (unpaired) electrons. The van der Waals surface area contributed by atoms with E-state index in [9.17, 15) is 4.79 Å². The summed E-state index contributed by atoms with van der Waals surface area (Å²) in [5, 5.41) is 1.51. The van der Waals surface area contributed by atoms with Gasteiger partial charge in [0.1, 0.15) is 0 Å². The van der Waals surface area contributed by atoms with E-state index in [-0.39, 0.29) is 5.41 Å². The molecule has 3 nitrogen and oxygen atoms in total. The van der Waals surface area contributed by atoms with E-state index in [0.29, 0.717) is 16.8 Å². The normalized spacial score (nSPS) is 26.2. The molecule has 2 heterocycles. The second-order valence-electron chi connectivity index (χ2n) is 8.09. The predicted molar refractivity (Wildman–Crippen MR) is 102 cm³/mol. The van der Waals surface area contributed by atoms with Crippen LogP contribution in [0.25, 0.3) is 0 Å². The minimum absolute atomic E-state index is 0.215. The molecule has 5 heteroatoms. The molecule has 136 valence electrons. The van der Waals surface area contributed by atoms with Crippen molar-refractivity contribution in [3.63, 3.8) is 0 Å². The van der Waals surface area contributed by atoms with E-state index >= 15 is 0 Å². The van der Waals surface area contributed by atoms with Crippen molar-refractivity contribution in [2.75, 3.05) is 32.7 Å². The number of hydrogen-bond donors (Lipinski definition) is 0. The number of halogens is 2. The molecule has 0 bridgehead atoms. The van der Waals surface area contributed by atoms with Gasteiger partial charge in [0.15, 0.2) is 0 Å². The van der Waals surface area contributed by atoms with Crippen LogP contribution >= 0.6 is 23.2 Å². The van der Waals surface area contributed by atoms with Crippen LogP contribution in [0.5, 0.6) is 0 Å². The Morgan fingerprint density at radius 2 is 2.00 bits per heavy atom. The largest absolute Gasteiger partial charge is 0.342 e. The summed E-state index contributed by atoms with van der Waals surface area (Å²) in [5.41, 5.74) is 1.47. The van der Waals surface area contributed by atoms with E-state index in [4.69, 9.17) is 23.2 Å². The highest BCUT2D eigenvalue weighted by Gasteiger charge is 2.47. The summed E-state index contributed by atoms with van der Waals surface area (Å²) in [4.78, 5) is 16.6. The molecule has 0 spiro atoms. The van der Waals surface area contributed by atoms with Gasteiger partial charge in [-0.3, -0.25) is 4.79 Å². The topological polar surface area (TPSA) is 23.6 Å². The number of amides is 1. The Morgan fingerprint density at radius 3 is 2.68 bits per heavy atom. The fourth-order valence-corrected chi connectivity index (χ4v) is 5.27. The van der Waals surface area contributed by atoms with Crippen molar-refractivity contribution in [2.24, 2.45) is 5.92 Å². The number of nitrogens with zero attached hydrogens (tertiary/aromatic N) is 2. The average molecular weight is 381 g/mol. The van der Waals surface area contributed by atoms with Crippen LogP contribution in [0.4, 0.5) is 0 Å². The summed E-state index contributed by atoms with van der Waals surface area (Å²) < 4.78 is 0. The van der Waals surface area contributed by atoms with Crippen LogP contribution in [0.3, 0.4) is 0 Å². The van der Waals surface area contributed by atoms with Crippen molar-refractivity contribution in [1.82, 2.24) is 9.80 Å². The average Bonchev–Trinajstić information content (AvgIpc) is 3.23. The van der Waals surface area contributed by atoms with Gasteiger partial charge < -0.3 is 9.80 Å². The van der Waals surface area contributed by atoms with Crippen LogP contribution in [0.2, 0.25) is 10.0 Å². The Morgan fingerprint density at radius 1 is 1.16 bits per heavy atom. The number of likely N-dealkylation sites (tertiary alicyclic amines) is 2. The molecule has 0 aromatic heterocycles. The van der Waals surface area contributed by atoms with Gasteiger partial charge >= 0.3 is 0 Å². The third-order valence-corrected chi connectivity index (χ3v) is 6.68. The van der Waals surface area contributed by atoms with E-state index in [1.807, 2.05) is 12.1 Å². The second-order valence-corrected chi connectivity index (χ2v) is 8.93. The third-order valence-electron chi connectivity index (χ3n) is 6.14. The van der Waals surface area contributed by atoms with Crippen molar-refractivity contribution >= 4 is 29.1 Å². The van der Waals surface area contributed by atoms with Crippen LogP contribution in [0.15, 0.2) is 18.2 Å². The lowest BCUT2D eigenvalue weighted by atomic mass is 9.92. The number of rotatable bonds is 5. The number of carbonyl (C=O) groups excluding carboxylic acids is 1. The van der Waals surface area contributed by atoms with Crippen LogP contribution < -0.4 is 0 Å². The van der Waals surface area contributed by atoms with Gasteiger partial charge in [0.05, 0.1) is 0 Å². The Bertz CT molecular complexity index is 659. The maximum Gasteiger partial charge on any atom is 0.222 e. The van der Waals surface area contributed by atoms with Gasteiger partial charge in [-0.1, -0.05) is 29.3 Å². The van der Waals surface area contributed by atoms with Crippen molar-refractivity contribution in [3.05, 3.63) is 33.8 Å². The molecule has 1 saturated carbocycles. The minimum atomic E-state index is 0.215. The maximum atomic E-state index is 11.9. The highest BCUT2D eigenvalue weighted by molar-refractivity contribution is 6.35. The smallest absolute Gasteiger partial charge is 0.222 e. The van der Waals surface area contributed by atoms with E-state index in [2.05, 4.69) is 15.9 Å². The zero-order chi connectivity index (χ0) is 17.4. The van der Waals surface area contributed by atoms with Gasteiger partial charge in [0.2, 0.25) is 5.91 Å². The van der Waals surface area contributed by atoms with Crippen molar-refractivity contribution < 1.29 is 4.79 Å². The molecule has 3 fully saturated rings. The lowest BCUT2D eigenvalue weighted by Crippen LogP contribution is -2.44. The molecule has 25 heavy (non-hydrogen) atoms. The highest BCUT2D eigenvalue weighted by Crippen LogP contribution is 2.51. The van der Waals surface area contributed by atoms with E-state index in [0.717, 1.165) is 50.6 Å². The minimum Gasteiger partial charge on any atom is -0.342 e. The van der Waals surface area contributed by atoms with Gasteiger partial charge in [0.25, 0.3) is 0 Å². The monoisotopic (exact) mass is 380 g/mol. The van der Waals surface area contributed by atoms with Crippen LogP contribution in [-0.4, -0.2) is 48.4 Å². The molecule has 0 N–H and O–H groups in total. The fourth-order valence-electron chi connectivity index (χ4n) is 4.66. The first-order valence-electron chi connectivity index (χ1n) is 9.51. The molecule has 1 aromatic rings. The zero-order valence-corrected chi connectivity index (χ0v) is 16.2. The van der Waals surface area contributed by atoms with Gasteiger partial charge in [0, 0.05) is 48.1 Å². The summed E-state index contributed by atoms with van der Waals surface area (Å²) in [6.07, 6.45) is 6.68. The van der Waals surface area contributed by atoms with Gasteiger partial charge in [-0.2, -0.15) is 0 Å². The Labute approximate surface area is 160 Å². The summed E-state index contributed by atoms with van der Waals surface area (Å²) >= 11 is 12.5. The molecule has 1 aromatic carbocycles. The molecule has 3 aliphatic rings. The van der Waals surface area contributed by atoms with Crippen LogP contribution in [0, 0.1) is 5.92 Å². The second kappa shape index (κ2) is 7.09. The lowest BCUT2D eigenvalue weighted by Gasteiger charge is -2.37. The molecule has 2 aliphatic heterocycles. The zero-order valence-electron chi connectivity index (χ0n) is 14.6. The first-order valence-corrected chi connectivity index (χ1v) is 10.3. The molecule has 1 amide bonds. The quantitative estimate of drug-likeness (QED) is 0.757. The van der Waals surface area contributed by atoms with Gasteiger partial charge in [-0.25, -0.2) is 0 Å². The Balaban J connectivity index is 1.39. The SMILES string of the molecule is O=C1CCCN1C[C@@H]1CCCN(CC2(c3ccc(Cl)cc3Cl)CC2)C1. The van der Waals surface area contributed by atoms with Crippen LogP contribution in [-0.2, 0) is 10.2 Å². The number of benzene rings is 1. The predicted octanol–water partition coefficient (Wildman–Crippen LogP) is 4.36. The van der Waals surface area contributed by atoms with Crippen LogP contribution in [0.1, 0.15) is 44.1 Å². The molecule has 4 rings (SSSR count). The van der Waals surface area contributed by atoms with Gasteiger partial charge in [-0.05, 0) is 62.3 Å². The molecule has 2 saturated heterocycles. The third kappa shape index (κ3) is 3.84. The number of hydrogen-bond acceptors (Lipinski definition) is 2. The maximum absolute atomic E-state index is 11.9. The summed E-state index contributed by atoms with van der Waals surface area (Å²) in [5.74, 6) is 0.969. The first kappa shape index (κ1) is 17.6. The summed E-state index contributed by atoms with van der Waals surface area (Å²) in [7, 11) is 0. The number of carbonyl (C=O) groups is 1. The van der Waals surface area contributed by atoms with E-state index in [1.54, 1.807) is 0 Å². The van der Waals surface area contributed by atoms with Crippen molar-refractivity contribution in [1.29, 1.82) is 0 Å². The van der Waals surface area contributed by atoms with E-state index < -0.39 is 0 Å². The molecule has 1 atom stereocenters. The molecular weight excluding hydrogens is 355 g/mol. The van der Waals surface area contributed by atoms with Crippen molar-refractivity contribution in [3.8, 4) is 0 Å². The fraction of sp³-hybridized carbons (Fsp3) is 0.650. The molecular formula is C20H26Cl2N2O. The van der Waals surface area contributed by atoms with E-state index in [1.165, 1.54) is 31.2 Å². The van der Waals surface area contributed by atoms with Crippen molar-refractivity contribution in [2.45, 2.75) is 43.9 Å². The molecule has 0 unspecified atom stereocenters. The molecule has 1 aliphatic carbocycles. The highest BCUT2D eigenvalue weighted by atomic mass is 35.5. The summed E-state index contributed by atoms with van der Waals surface area (Å²) in [6.45, 7) is 5.26. The standard InChI is InChI=1S/C20H26Cl2N2O/c21-16-5-6-17(18(22)11-16)20(7-8-20)14-23-9-1-3-15(12-23)13-24-10-2-4-19(24)25/h5-6,11,15H,1-4,7-10,12-14H2/t15-/m1/s1. The Kier molecular flexibility index (Phi) is 5.00. The van der Waals surface area contributed by atoms with Gasteiger partial charge in [-0.15, -0.1) is 0 Å². The first-order chi connectivity index (χ1) is 12.1. The number of piperidine rings is 1. The summed E-state index contributed by atoms with van der Waals surface area (Å²) in [6, 6.07) is 5.94. The lowest BCUT2D eigenvalue weighted by molar-refractivity contribution is -0.128.